The van der Waals surface area contributed by atoms with Crippen LogP contribution in [-0.4, -0.2) is 53.4 Å². The number of hydrogen-bond acceptors (Lipinski definition) is 3. The fourth-order valence-corrected chi connectivity index (χ4v) is 3.36. The van der Waals surface area contributed by atoms with Gasteiger partial charge in [-0.1, -0.05) is 11.6 Å². The molecule has 0 spiro atoms. The van der Waals surface area contributed by atoms with Gasteiger partial charge in [0.15, 0.2) is 0 Å². The Morgan fingerprint density at radius 3 is 2.64 bits per heavy atom. The summed E-state index contributed by atoms with van der Waals surface area (Å²) in [5.74, 6) is 0.705. The van der Waals surface area contributed by atoms with Crippen molar-refractivity contribution in [2.75, 3.05) is 31.1 Å². The average Bonchev–Trinajstić information content (AvgIpc) is 2.69. The molecular weight excluding hydrogens is 309 g/mol. The van der Waals surface area contributed by atoms with Crippen molar-refractivity contribution >= 4 is 23.5 Å². The van der Waals surface area contributed by atoms with Gasteiger partial charge in [0.25, 0.3) is 0 Å². The topological polar surface area (TPSA) is 56.7 Å². The number of aromatic nitrogens is 1. The first-order valence-electron chi connectivity index (χ1n) is 7.60. The van der Waals surface area contributed by atoms with Gasteiger partial charge in [0.2, 0.25) is 0 Å². The number of piperidine rings is 1. The van der Waals surface area contributed by atoms with E-state index in [1.807, 2.05) is 11.0 Å². The van der Waals surface area contributed by atoms with Crippen LogP contribution in [0.25, 0.3) is 0 Å². The van der Waals surface area contributed by atoms with Crippen molar-refractivity contribution in [3.05, 3.63) is 22.3 Å². The number of amides is 1. The normalized spacial score (nSPS) is 19.7. The van der Waals surface area contributed by atoms with E-state index in [4.69, 9.17) is 16.7 Å². The Kier molecular flexibility index (Phi) is 4.38. The second-order valence-corrected chi connectivity index (χ2v) is 6.24. The third-order valence-corrected chi connectivity index (χ3v) is 4.67. The Morgan fingerprint density at radius 1 is 1.27 bits per heavy atom. The lowest BCUT2D eigenvalue weighted by Gasteiger charge is -2.30. The average molecular weight is 328 g/mol. The SMILES string of the molecule is O=C(O)N1CCc2cc(Cl)c(N3CCC(F)CC3)nc2CC1. The minimum Gasteiger partial charge on any atom is -0.465 e. The molecule has 22 heavy (non-hydrogen) atoms. The monoisotopic (exact) mass is 327 g/mol. The molecule has 0 aliphatic carbocycles. The van der Waals surface area contributed by atoms with Crippen LogP contribution in [0, 0.1) is 0 Å². The Morgan fingerprint density at radius 2 is 1.95 bits per heavy atom. The molecular formula is C15H19ClFN3O2. The largest absolute Gasteiger partial charge is 0.465 e. The van der Waals surface area contributed by atoms with Crippen LogP contribution in [0.5, 0.6) is 0 Å². The molecule has 0 aromatic carbocycles. The molecule has 5 nitrogen and oxygen atoms in total. The molecule has 1 N–H and O–H groups in total. The quantitative estimate of drug-likeness (QED) is 0.861. The summed E-state index contributed by atoms with van der Waals surface area (Å²) in [4.78, 5) is 19.2. The third-order valence-electron chi connectivity index (χ3n) is 4.39. The zero-order chi connectivity index (χ0) is 15.7. The van der Waals surface area contributed by atoms with Crippen molar-refractivity contribution in [3.8, 4) is 0 Å². The molecule has 0 bridgehead atoms. The van der Waals surface area contributed by atoms with Crippen LogP contribution in [0.15, 0.2) is 6.07 Å². The van der Waals surface area contributed by atoms with E-state index in [9.17, 15) is 9.18 Å². The highest BCUT2D eigenvalue weighted by Crippen LogP contribution is 2.30. The van der Waals surface area contributed by atoms with Crippen LogP contribution in [0.2, 0.25) is 5.02 Å². The van der Waals surface area contributed by atoms with E-state index in [0.717, 1.165) is 11.3 Å². The Labute approximate surface area is 133 Å². The molecule has 120 valence electrons. The molecule has 1 aromatic rings. The maximum absolute atomic E-state index is 13.3. The van der Waals surface area contributed by atoms with Crippen LogP contribution in [0.4, 0.5) is 15.0 Å². The van der Waals surface area contributed by atoms with Gasteiger partial charge in [0.1, 0.15) is 12.0 Å². The van der Waals surface area contributed by atoms with Crippen LogP contribution in [0.3, 0.4) is 0 Å². The second-order valence-electron chi connectivity index (χ2n) is 5.83. The molecule has 0 radical (unpaired) electrons. The summed E-state index contributed by atoms with van der Waals surface area (Å²) in [5, 5.41) is 9.69. The van der Waals surface area contributed by atoms with Crippen molar-refractivity contribution < 1.29 is 14.3 Å². The van der Waals surface area contributed by atoms with Gasteiger partial charge in [-0.25, -0.2) is 14.2 Å². The maximum Gasteiger partial charge on any atom is 0.407 e. The summed E-state index contributed by atoms with van der Waals surface area (Å²) in [6.07, 6.45) is 0.584. The van der Waals surface area contributed by atoms with Gasteiger partial charge in [-0.3, -0.25) is 0 Å². The van der Waals surface area contributed by atoms with Crippen LogP contribution in [0.1, 0.15) is 24.1 Å². The highest BCUT2D eigenvalue weighted by Gasteiger charge is 2.24. The lowest BCUT2D eigenvalue weighted by molar-refractivity contribution is 0.147. The molecule has 0 unspecified atom stereocenters. The van der Waals surface area contributed by atoms with Gasteiger partial charge >= 0.3 is 6.09 Å². The number of carbonyl (C=O) groups is 1. The van der Waals surface area contributed by atoms with Crippen molar-refractivity contribution in [2.45, 2.75) is 31.9 Å². The zero-order valence-electron chi connectivity index (χ0n) is 12.3. The van der Waals surface area contributed by atoms with E-state index in [-0.39, 0.29) is 0 Å². The van der Waals surface area contributed by atoms with Gasteiger partial charge in [-0.15, -0.1) is 0 Å². The number of anilines is 1. The highest BCUT2D eigenvalue weighted by atomic mass is 35.5. The third kappa shape index (κ3) is 3.11. The summed E-state index contributed by atoms with van der Waals surface area (Å²) in [7, 11) is 0. The number of carboxylic acid groups (broad SMARTS) is 1. The summed E-state index contributed by atoms with van der Waals surface area (Å²) in [5.41, 5.74) is 1.92. The number of rotatable bonds is 1. The highest BCUT2D eigenvalue weighted by molar-refractivity contribution is 6.33. The van der Waals surface area contributed by atoms with Crippen LogP contribution < -0.4 is 4.90 Å². The van der Waals surface area contributed by atoms with Crippen LogP contribution in [-0.2, 0) is 12.8 Å². The molecule has 1 amide bonds. The number of hydrogen-bond donors (Lipinski definition) is 1. The standard InChI is InChI=1S/C15H19ClFN3O2/c16-12-9-10-1-5-20(15(21)22)8-4-13(10)18-14(12)19-6-2-11(17)3-7-19/h9,11H,1-8H2,(H,21,22). The molecule has 0 atom stereocenters. The molecule has 1 fully saturated rings. The van der Waals surface area contributed by atoms with E-state index in [0.29, 0.717) is 62.7 Å². The van der Waals surface area contributed by atoms with E-state index >= 15 is 0 Å². The number of alkyl halides is 1. The molecule has 3 rings (SSSR count). The summed E-state index contributed by atoms with van der Waals surface area (Å²) >= 11 is 6.36. The van der Waals surface area contributed by atoms with Crippen molar-refractivity contribution in [1.29, 1.82) is 0 Å². The first-order chi connectivity index (χ1) is 10.5. The van der Waals surface area contributed by atoms with E-state index < -0.39 is 12.3 Å². The van der Waals surface area contributed by atoms with E-state index in [1.54, 1.807) is 0 Å². The molecule has 1 saturated heterocycles. The number of nitrogens with zero attached hydrogens (tertiary/aromatic N) is 3. The predicted molar refractivity (Wildman–Crippen MR) is 82.6 cm³/mol. The zero-order valence-corrected chi connectivity index (χ0v) is 13.0. The Balaban J connectivity index is 1.82. The molecule has 3 heterocycles. The Bertz CT molecular complexity index is 576. The number of pyridine rings is 1. The van der Waals surface area contributed by atoms with Crippen molar-refractivity contribution in [2.24, 2.45) is 0 Å². The van der Waals surface area contributed by atoms with Gasteiger partial charge in [-0.2, -0.15) is 0 Å². The van der Waals surface area contributed by atoms with E-state index in [1.165, 1.54) is 4.90 Å². The van der Waals surface area contributed by atoms with Crippen molar-refractivity contribution in [1.82, 2.24) is 9.88 Å². The van der Waals surface area contributed by atoms with E-state index in [2.05, 4.69) is 4.98 Å². The summed E-state index contributed by atoms with van der Waals surface area (Å²) < 4.78 is 13.3. The second kappa shape index (κ2) is 6.28. The minimum absolute atomic E-state index is 0.447. The van der Waals surface area contributed by atoms with Gasteiger partial charge in [-0.05, 0) is 30.9 Å². The molecule has 7 heteroatoms. The fourth-order valence-electron chi connectivity index (χ4n) is 3.07. The summed E-state index contributed by atoms with van der Waals surface area (Å²) in [6, 6.07) is 1.89. The summed E-state index contributed by atoms with van der Waals surface area (Å²) in [6.45, 7) is 2.15. The minimum atomic E-state index is -0.899. The smallest absolute Gasteiger partial charge is 0.407 e. The van der Waals surface area contributed by atoms with Gasteiger partial charge in [0.05, 0.1) is 5.02 Å². The lowest BCUT2D eigenvalue weighted by Crippen LogP contribution is -2.35. The first-order valence-corrected chi connectivity index (χ1v) is 7.97. The molecule has 0 saturated carbocycles. The number of fused-ring (bicyclic) bond motifs is 1. The fraction of sp³-hybridized carbons (Fsp3) is 0.600. The van der Waals surface area contributed by atoms with Crippen molar-refractivity contribution in [3.63, 3.8) is 0 Å². The molecule has 2 aliphatic rings. The van der Waals surface area contributed by atoms with Gasteiger partial charge in [0, 0.05) is 38.3 Å². The number of halogens is 2. The lowest BCUT2D eigenvalue weighted by atomic mass is 10.1. The van der Waals surface area contributed by atoms with Gasteiger partial charge < -0.3 is 14.9 Å². The Hall–Kier alpha value is -1.56. The van der Waals surface area contributed by atoms with Crippen LogP contribution >= 0.6 is 11.6 Å². The predicted octanol–water partition coefficient (Wildman–Crippen LogP) is 2.75. The molecule has 1 aromatic heterocycles. The first kappa shape index (κ1) is 15.3. The maximum atomic E-state index is 13.3. The molecule has 2 aliphatic heterocycles.